The van der Waals surface area contributed by atoms with Crippen molar-refractivity contribution < 1.29 is 14.6 Å². The molecule has 9 heteroatoms. The average Bonchev–Trinajstić information content (AvgIpc) is 3.34. The number of para-hydroxylation sites is 1. The van der Waals surface area contributed by atoms with Crippen LogP contribution in [0, 0.1) is 0 Å². The summed E-state index contributed by atoms with van der Waals surface area (Å²) in [4.78, 5) is 26.5. The highest BCUT2D eigenvalue weighted by Crippen LogP contribution is 2.26. The minimum atomic E-state index is -1.11. The molecule has 2 heterocycles. The van der Waals surface area contributed by atoms with Crippen molar-refractivity contribution >= 4 is 29.2 Å². The summed E-state index contributed by atoms with van der Waals surface area (Å²) in [6.45, 7) is 2.16. The van der Waals surface area contributed by atoms with Gasteiger partial charge in [-0.3, -0.25) is 4.90 Å². The molecule has 178 valence electrons. The molecule has 0 saturated carbocycles. The van der Waals surface area contributed by atoms with Crippen molar-refractivity contribution in [3.63, 3.8) is 0 Å². The fourth-order valence-corrected chi connectivity index (χ4v) is 4.09. The Kier molecular flexibility index (Phi) is 7.12. The van der Waals surface area contributed by atoms with Crippen LogP contribution < -0.4 is 19.9 Å². The van der Waals surface area contributed by atoms with Gasteiger partial charge in [-0.05, 0) is 56.9 Å². The molecule has 4 rings (SSSR count). The zero-order valence-corrected chi connectivity index (χ0v) is 19.7. The van der Waals surface area contributed by atoms with E-state index in [1.807, 2.05) is 30.3 Å². The van der Waals surface area contributed by atoms with E-state index >= 15 is 0 Å². The van der Waals surface area contributed by atoms with Gasteiger partial charge in [0.25, 0.3) is 0 Å². The molecule has 1 aliphatic rings. The van der Waals surface area contributed by atoms with Crippen LogP contribution in [0.15, 0.2) is 60.8 Å². The third-order valence-corrected chi connectivity index (χ3v) is 6.05. The maximum Gasteiger partial charge on any atom is 0.413 e. The van der Waals surface area contributed by atoms with E-state index in [9.17, 15) is 9.90 Å². The second-order valence-electron chi connectivity index (χ2n) is 8.44. The van der Waals surface area contributed by atoms with E-state index in [1.54, 1.807) is 25.4 Å². The lowest BCUT2D eigenvalue weighted by atomic mass is 10.2. The van der Waals surface area contributed by atoms with Gasteiger partial charge < -0.3 is 25.0 Å². The molecule has 1 amide bonds. The van der Waals surface area contributed by atoms with E-state index in [4.69, 9.17) is 4.74 Å². The van der Waals surface area contributed by atoms with Crippen LogP contribution in [-0.2, 0) is 6.54 Å². The fourth-order valence-electron chi connectivity index (χ4n) is 4.09. The fraction of sp³-hybridized carbons (Fsp3) is 0.320. The van der Waals surface area contributed by atoms with Crippen molar-refractivity contribution in [1.82, 2.24) is 14.9 Å². The SMILES string of the molecule is COc1ccccc1CN(C(=O)O)c1ccnc(Nc2ccc(N3CC[C@@H](N(C)C)C3)cc2)n1. The van der Waals surface area contributed by atoms with Crippen molar-refractivity contribution in [2.45, 2.75) is 19.0 Å². The Balaban J connectivity index is 1.47. The Labute approximate surface area is 199 Å². The van der Waals surface area contributed by atoms with Gasteiger partial charge in [-0.1, -0.05) is 18.2 Å². The number of rotatable bonds is 8. The molecule has 1 saturated heterocycles. The third-order valence-electron chi connectivity index (χ3n) is 6.05. The van der Waals surface area contributed by atoms with Crippen LogP contribution in [0.2, 0.25) is 0 Å². The number of nitrogens with zero attached hydrogens (tertiary/aromatic N) is 5. The highest BCUT2D eigenvalue weighted by molar-refractivity contribution is 5.85. The van der Waals surface area contributed by atoms with Crippen molar-refractivity contribution in [2.75, 3.05) is 49.4 Å². The third kappa shape index (κ3) is 5.37. The van der Waals surface area contributed by atoms with Gasteiger partial charge in [-0.15, -0.1) is 0 Å². The lowest BCUT2D eigenvalue weighted by molar-refractivity contribution is 0.201. The van der Waals surface area contributed by atoms with E-state index < -0.39 is 6.09 Å². The Hall–Kier alpha value is -3.85. The largest absolute Gasteiger partial charge is 0.496 e. The Morgan fingerprint density at radius 2 is 1.94 bits per heavy atom. The number of benzene rings is 2. The number of ether oxygens (including phenoxy) is 1. The Morgan fingerprint density at radius 3 is 2.62 bits per heavy atom. The molecule has 0 aliphatic carbocycles. The molecule has 9 nitrogen and oxygen atoms in total. The quantitative estimate of drug-likeness (QED) is 0.518. The molecule has 0 radical (unpaired) electrons. The summed E-state index contributed by atoms with van der Waals surface area (Å²) in [7, 11) is 5.81. The summed E-state index contributed by atoms with van der Waals surface area (Å²) in [6.07, 6.45) is 1.59. The van der Waals surface area contributed by atoms with Crippen molar-refractivity contribution in [3.05, 3.63) is 66.4 Å². The van der Waals surface area contributed by atoms with E-state index in [2.05, 4.69) is 51.3 Å². The Bertz CT molecular complexity index is 1120. The maximum atomic E-state index is 12.0. The van der Waals surface area contributed by atoms with Gasteiger partial charge >= 0.3 is 6.09 Å². The topological polar surface area (TPSA) is 94.1 Å². The predicted molar refractivity (Wildman–Crippen MR) is 133 cm³/mol. The molecular formula is C25H30N6O3. The second-order valence-corrected chi connectivity index (χ2v) is 8.44. The molecule has 0 unspecified atom stereocenters. The molecule has 0 spiro atoms. The smallest absolute Gasteiger partial charge is 0.413 e. The summed E-state index contributed by atoms with van der Waals surface area (Å²) in [5.41, 5.74) is 2.75. The molecule has 1 atom stereocenters. The van der Waals surface area contributed by atoms with Crippen LogP contribution in [0.4, 0.5) is 27.9 Å². The summed E-state index contributed by atoms with van der Waals surface area (Å²) in [5, 5.41) is 13.0. The Morgan fingerprint density at radius 1 is 1.18 bits per heavy atom. The number of amides is 1. The number of nitrogens with one attached hydrogen (secondary N) is 1. The summed E-state index contributed by atoms with van der Waals surface area (Å²) in [6, 6.07) is 17.6. The summed E-state index contributed by atoms with van der Waals surface area (Å²) >= 11 is 0. The zero-order valence-electron chi connectivity index (χ0n) is 19.7. The van der Waals surface area contributed by atoms with Crippen molar-refractivity contribution in [2.24, 2.45) is 0 Å². The molecule has 1 aromatic heterocycles. The van der Waals surface area contributed by atoms with Gasteiger partial charge in [0.05, 0.1) is 13.7 Å². The number of carboxylic acid groups (broad SMARTS) is 1. The van der Waals surface area contributed by atoms with Crippen LogP contribution >= 0.6 is 0 Å². The number of likely N-dealkylation sites (N-methyl/N-ethyl adjacent to an activating group) is 1. The standard InChI is InChI=1S/C25H30N6O3/c1-29(2)21-13-15-30(17-21)20-10-8-19(9-11-20)27-24-26-14-12-23(28-24)31(25(32)33)16-18-6-4-5-7-22(18)34-3/h4-12,14,21H,13,15-17H2,1-3H3,(H,32,33)(H,26,27,28)/t21-/m1/s1. The van der Waals surface area contributed by atoms with E-state index in [1.165, 1.54) is 10.6 Å². The number of carbonyl (C=O) groups is 1. The van der Waals surface area contributed by atoms with Gasteiger partial charge in [-0.25, -0.2) is 9.78 Å². The van der Waals surface area contributed by atoms with Crippen molar-refractivity contribution in [3.8, 4) is 5.75 Å². The van der Waals surface area contributed by atoms with Crippen LogP contribution in [0.25, 0.3) is 0 Å². The minimum Gasteiger partial charge on any atom is -0.496 e. The molecular weight excluding hydrogens is 432 g/mol. The molecule has 1 fully saturated rings. The number of aromatic nitrogens is 2. The molecule has 3 aromatic rings. The number of methoxy groups -OCH3 is 1. The molecule has 0 bridgehead atoms. The molecule has 2 N–H and O–H groups in total. The summed E-state index contributed by atoms with van der Waals surface area (Å²) in [5.74, 6) is 1.22. The van der Waals surface area contributed by atoms with Crippen molar-refractivity contribution in [1.29, 1.82) is 0 Å². The lowest BCUT2D eigenvalue weighted by Gasteiger charge is -2.22. The highest BCUT2D eigenvalue weighted by Gasteiger charge is 2.24. The number of anilines is 4. The molecule has 34 heavy (non-hydrogen) atoms. The van der Waals surface area contributed by atoms with E-state index in [0.29, 0.717) is 17.7 Å². The molecule has 2 aromatic carbocycles. The van der Waals surface area contributed by atoms with Crippen LogP contribution in [0.1, 0.15) is 12.0 Å². The first kappa shape index (κ1) is 23.3. The minimum absolute atomic E-state index is 0.105. The summed E-state index contributed by atoms with van der Waals surface area (Å²) < 4.78 is 5.36. The first-order valence-electron chi connectivity index (χ1n) is 11.2. The lowest BCUT2D eigenvalue weighted by Crippen LogP contribution is -2.31. The van der Waals surface area contributed by atoms with E-state index in [-0.39, 0.29) is 12.4 Å². The maximum absolute atomic E-state index is 12.0. The van der Waals surface area contributed by atoms with E-state index in [0.717, 1.165) is 30.8 Å². The van der Waals surface area contributed by atoms with Gasteiger partial charge in [0.15, 0.2) is 0 Å². The van der Waals surface area contributed by atoms with Gasteiger partial charge in [-0.2, -0.15) is 4.98 Å². The second kappa shape index (κ2) is 10.4. The predicted octanol–water partition coefficient (Wildman–Crippen LogP) is 4.05. The zero-order chi connectivity index (χ0) is 24.1. The first-order valence-corrected chi connectivity index (χ1v) is 11.2. The van der Waals surface area contributed by atoms with Crippen LogP contribution in [0.5, 0.6) is 5.75 Å². The monoisotopic (exact) mass is 462 g/mol. The van der Waals surface area contributed by atoms with Gasteiger partial charge in [0.1, 0.15) is 11.6 Å². The van der Waals surface area contributed by atoms with Crippen LogP contribution in [0.3, 0.4) is 0 Å². The highest BCUT2D eigenvalue weighted by atomic mass is 16.5. The van der Waals surface area contributed by atoms with Gasteiger partial charge in [0, 0.05) is 42.3 Å². The normalized spacial score (nSPS) is 15.4. The first-order chi connectivity index (χ1) is 16.4. The number of hydrogen-bond donors (Lipinski definition) is 2. The molecule has 1 aliphatic heterocycles. The average molecular weight is 463 g/mol. The van der Waals surface area contributed by atoms with Gasteiger partial charge in [0.2, 0.25) is 5.95 Å². The number of hydrogen-bond acceptors (Lipinski definition) is 7. The van der Waals surface area contributed by atoms with Crippen LogP contribution in [-0.4, -0.2) is 66.4 Å².